The molecule has 9 nitrogen and oxygen atoms in total. The molecule has 1 aliphatic carbocycles. The van der Waals surface area contributed by atoms with Gasteiger partial charge in [0.1, 0.15) is 5.92 Å². The van der Waals surface area contributed by atoms with Gasteiger partial charge < -0.3 is 11.1 Å². The van der Waals surface area contributed by atoms with Gasteiger partial charge in [0.05, 0.1) is 0 Å². The maximum absolute atomic E-state index is 13.0. The fraction of sp³-hybridized carbons (Fsp3) is 0.125. The third-order valence-electron chi connectivity index (χ3n) is 4.88. The van der Waals surface area contributed by atoms with E-state index in [1.165, 1.54) is 0 Å². The summed E-state index contributed by atoms with van der Waals surface area (Å²) in [6.45, 7) is 0.593. The van der Waals surface area contributed by atoms with Crippen molar-refractivity contribution in [3.8, 4) is 0 Å². The number of anilines is 1. The standard InChI is InChI=1S/C24H22N4O5/c25-21(30)23(32)28-24(33)27-22(31)19(20(29)17-8-4-5-9-17)16-10-12-18(13-11-16)26-14-15-6-2-1-3-7-15/h1-8,10-13,19,26H,9,14H2,(H2,25,30)(H2,27,28,31,32,33). The van der Waals surface area contributed by atoms with Crippen LogP contribution in [-0.4, -0.2) is 29.5 Å². The largest absolute Gasteiger partial charge is 0.381 e. The first-order valence-corrected chi connectivity index (χ1v) is 10.1. The average Bonchev–Trinajstić information content (AvgIpc) is 3.34. The third kappa shape index (κ3) is 6.23. The normalized spacial score (nSPS) is 12.9. The zero-order valence-corrected chi connectivity index (χ0v) is 17.5. The van der Waals surface area contributed by atoms with Crippen molar-refractivity contribution >= 4 is 35.2 Å². The van der Waals surface area contributed by atoms with Gasteiger partial charge in [0.2, 0.25) is 5.91 Å². The number of rotatable bonds is 7. The fourth-order valence-corrected chi connectivity index (χ4v) is 3.21. The molecule has 0 fully saturated rings. The number of nitrogens with two attached hydrogens (primary N) is 1. The minimum absolute atomic E-state index is 0.365. The van der Waals surface area contributed by atoms with Gasteiger partial charge in [-0.2, -0.15) is 0 Å². The lowest BCUT2D eigenvalue weighted by atomic mass is 9.89. The number of primary amides is 1. The van der Waals surface area contributed by atoms with Crippen molar-refractivity contribution in [1.82, 2.24) is 10.6 Å². The van der Waals surface area contributed by atoms with Gasteiger partial charge in [0.15, 0.2) is 5.78 Å². The predicted octanol–water partition coefficient (Wildman–Crippen LogP) is 1.68. The number of Topliss-reactive ketones (excluding diaryl/α,β-unsaturated/α-hetero) is 1. The van der Waals surface area contributed by atoms with Crippen molar-refractivity contribution in [3.05, 3.63) is 89.5 Å². The van der Waals surface area contributed by atoms with Crippen molar-refractivity contribution in [2.45, 2.75) is 18.9 Å². The summed E-state index contributed by atoms with van der Waals surface area (Å²) >= 11 is 0. The second kappa shape index (κ2) is 10.7. The molecule has 9 heteroatoms. The molecular weight excluding hydrogens is 424 g/mol. The number of nitrogens with one attached hydrogen (secondary N) is 3. The van der Waals surface area contributed by atoms with Gasteiger partial charge in [-0.25, -0.2) is 4.79 Å². The fourth-order valence-electron chi connectivity index (χ4n) is 3.21. The van der Waals surface area contributed by atoms with Gasteiger partial charge in [-0.05, 0) is 29.7 Å². The molecule has 2 aromatic carbocycles. The minimum Gasteiger partial charge on any atom is -0.381 e. The first-order valence-electron chi connectivity index (χ1n) is 10.1. The molecule has 0 radical (unpaired) electrons. The molecule has 1 aliphatic rings. The number of benzene rings is 2. The maximum Gasteiger partial charge on any atom is 0.328 e. The minimum atomic E-state index is -1.38. The van der Waals surface area contributed by atoms with E-state index in [1.54, 1.807) is 47.8 Å². The Bertz CT molecular complexity index is 1140. The molecule has 3 rings (SSSR count). The number of hydrogen-bond donors (Lipinski definition) is 4. The number of urea groups is 1. The molecule has 0 saturated carbocycles. The number of carbonyl (C=O) groups is 5. The molecule has 168 valence electrons. The zero-order chi connectivity index (χ0) is 23.8. The lowest BCUT2D eigenvalue weighted by molar-refractivity contribution is -0.136. The summed E-state index contributed by atoms with van der Waals surface area (Å²) in [5.74, 6) is -5.50. The summed E-state index contributed by atoms with van der Waals surface area (Å²) in [5, 5.41) is 6.81. The molecule has 1 unspecified atom stereocenters. The second-order valence-corrected chi connectivity index (χ2v) is 7.22. The Morgan fingerprint density at radius 3 is 2.21 bits per heavy atom. The van der Waals surface area contributed by atoms with Crippen LogP contribution in [0.4, 0.5) is 10.5 Å². The van der Waals surface area contributed by atoms with Gasteiger partial charge in [-0.15, -0.1) is 0 Å². The molecule has 5 amide bonds. The van der Waals surface area contributed by atoms with Crippen LogP contribution >= 0.6 is 0 Å². The lowest BCUT2D eigenvalue weighted by Crippen LogP contribution is -2.48. The number of allylic oxidation sites excluding steroid dienone is 4. The summed E-state index contributed by atoms with van der Waals surface area (Å²) in [6, 6.07) is 15.2. The van der Waals surface area contributed by atoms with Crippen molar-refractivity contribution in [2.75, 3.05) is 5.32 Å². The highest BCUT2D eigenvalue weighted by atomic mass is 16.2. The Kier molecular flexibility index (Phi) is 7.48. The van der Waals surface area contributed by atoms with E-state index in [1.807, 2.05) is 35.6 Å². The van der Waals surface area contributed by atoms with E-state index in [2.05, 4.69) is 5.32 Å². The monoisotopic (exact) mass is 446 g/mol. The number of imide groups is 2. The molecule has 0 aliphatic heterocycles. The topological polar surface area (TPSA) is 147 Å². The Labute approximate surface area is 189 Å². The number of amides is 5. The molecule has 0 saturated heterocycles. The average molecular weight is 446 g/mol. The third-order valence-corrected chi connectivity index (χ3v) is 4.88. The summed E-state index contributed by atoms with van der Waals surface area (Å²) in [5.41, 5.74) is 7.43. The van der Waals surface area contributed by atoms with Crippen LogP contribution in [0.5, 0.6) is 0 Å². The van der Waals surface area contributed by atoms with E-state index in [0.29, 0.717) is 24.1 Å². The van der Waals surface area contributed by atoms with Crippen molar-refractivity contribution in [1.29, 1.82) is 0 Å². The van der Waals surface area contributed by atoms with E-state index in [9.17, 15) is 24.0 Å². The van der Waals surface area contributed by atoms with Gasteiger partial charge in [0, 0.05) is 17.8 Å². The van der Waals surface area contributed by atoms with Crippen LogP contribution in [0.15, 0.2) is 78.4 Å². The summed E-state index contributed by atoms with van der Waals surface area (Å²) in [7, 11) is 0. The van der Waals surface area contributed by atoms with E-state index >= 15 is 0 Å². The highest BCUT2D eigenvalue weighted by Gasteiger charge is 2.32. The molecule has 2 aromatic rings. The molecular formula is C24H22N4O5. The summed E-state index contributed by atoms with van der Waals surface area (Å²) in [6.07, 6.45) is 5.45. The van der Waals surface area contributed by atoms with Gasteiger partial charge >= 0.3 is 17.8 Å². The number of hydrogen-bond acceptors (Lipinski definition) is 6. The van der Waals surface area contributed by atoms with Crippen LogP contribution < -0.4 is 21.7 Å². The number of ketones is 1. The van der Waals surface area contributed by atoms with Crippen molar-refractivity contribution < 1.29 is 24.0 Å². The van der Waals surface area contributed by atoms with E-state index in [0.717, 1.165) is 11.3 Å². The van der Waals surface area contributed by atoms with Crippen LogP contribution in [-0.2, 0) is 25.7 Å². The van der Waals surface area contributed by atoms with Crippen molar-refractivity contribution in [2.24, 2.45) is 5.73 Å². The highest BCUT2D eigenvalue weighted by Crippen LogP contribution is 2.26. The Hall–Kier alpha value is -4.53. The number of carbonyl (C=O) groups excluding carboxylic acids is 5. The smallest absolute Gasteiger partial charge is 0.328 e. The van der Waals surface area contributed by atoms with Crippen LogP contribution in [0.3, 0.4) is 0 Å². The molecule has 0 heterocycles. The van der Waals surface area contributed by atoms with Crippen LogP contribution in [0.25, 0.3) is 0 Å². The second-order valence-electron chi connectivity index (χ2n) is 7.22. The zero-order valence-electron chi connectivity index (χ0n) is 17.5. The predicted molar refractivity (Wildman–Crippen MR) is 121 cm³/mol. The first kappa shape index (κ1) is 23.1. The molecule has 0 aromatic heterocycles. The molecule has 1 atom stereocenters. The summed E-state index contributed by atoms with van der Waals surface area (Å²) < 4.78 is 0. The summed E-state index contributed by atoms with van der Waals surface area (Å²) in [4.78, 5) is 59.8. The first-order chi connectivity index (χ1) is 15.8. The Morgan fingerprint density at radius 1 is 0.909 bits per heavy atom. The van der Waals surface area contributed by atoms with Crippen LogP contribution in [0.2, 0.25) is 0 Å². The maximum atomic E-state index is 13.0. The van der Waals surface area contributed by atoms with Gasteiger partial charge in [-0.3, -0.25) is 29.8 Å². The van der Waals surface area contributed by atoms with E-state index in [-0.39, 0.29) is 0 Å². The van der Waals surface area contributed by atoms with Crippen LogP contribution in [0, 0.1) is 0 Å². The van der Waals surface area contributed by atoms with Crippen molar-refractivity contribution in [3.63, 3.8) is 0 Å². The Balaban J connectivity index is 1.75. The van der Waals surface area contributed by atoms with Crippen LogP contribution in [0.1, 0.15) is 23.5 Å². The quantitative estimate of drug-likeness (QED) is 0.376. The van der Waals surface area contributed by atoms with E-state index in [4.69, 9.17) is 5.73 Å². The van der Waals surface area contributed by atoms with Gasteiger partial charge in [0.25, 0.3) is 0 Å². The molecule has 0 spiro atoms. The van der Waals surface area contributed by atoms with Gasteiger partial charge in [-0.1, -0.05) is 60.7 Å². The molecule has 33 heavy (non-hydrogen) atoms. The SMILES string of the molecule is NC(=O)C(=O)NC(=O)NC(=O)C(C(=O)C1=CC=CC1)c1ccc(NCc2ccccc2)cc1. The highest BCUT2D eigenvalue weighted by molar-refractivity contribution is 6.37. The molecule has 5 N–H and O–H groups in total. The Morgan fingerprint density at radius 2 is 1.61 bits per heavy atom. The lowest BCUT2D eigenvalue weighted by Gasteiger charge is -2.17. The van der Waals surface area contributed by atoms with E-state index < -0.39 is 35.5 Å². The molecule has 0 bridgehead atoms.